The molecule has 0 atom stereocenters. The normalized spacial score (nSPS) is 11.2. The van der Waals surface area contributed by atoms with E-state index in [2.05, 4.69) is 4.72 Å². The van der Waals surface area contributed by atoms with Crippen LogP contribution in [0.5, 0.6) is 0 Å². The van der Waals surface area contributed by atoms with Gasteiger partial charge in [0.1, 0.15) is 4.90 Å². The number of sulfonamides is 1. The summed E-state index contributed by atoms with van der Waals surface area (Å²) in [5.74, 6) is 0. The van der Waals surface area contributed by atoms with Crippen molar-refractivity contribution in [3.05, 3.63) is 83.9 Å². The van der Waals surface area contributed by atoms with Gasteiger partial charge in [-0.15, -0.1) is 0 Å². The Morgan fingerprint density at radius 1 is 0.739 bits per heavy atom. The Kier molecular flexibility index (Phi) is 4.37. The maximum absolute atomic E-state index is 12.6. The highest BCUT2D eigenvalue weighted by Crippen LogP contribution is 2.30. The molecule has 0 radical (unpaired) electrons. The third-order valence-corrected chi connectivity index (χ3v) is 5.25. The zero-order valence-corrected chi connectivity index (χ0v) is 13.7. The molecule has 3 aromatic carbocycles. The average molecular weight is 344 g/mol. The summed E-state index contributed by atoms with van der Waals surface area (Å²) in [6, 6.07) is 23.2. The molecule has 116 valence electrons. The van der Waals surface area contributed by atoms with Crippen molar-refractivity contribution in [2.24, 2.45) is 0 Å². The van der Waals surface area contributed by atoms with Crippen molar-refractivity contribution in [3.8, 4) is 11.1 Å². The number of anilines is 1. The Balaban J connectivity index is 2.03. The van der Waals surface area contributed by atoms with E-state index in [-0.39, 0.29) is 9.92 Å². The summed E-state index contributed by atoms with van der Waals surface area (Å²) in [7, 11) is -3.76. The number of hydrogen-bond acceptors (Lipinski definition) is 2. The minimum Gasteiger partial charge on any atom is -0.279 e. The molecular weight excluding hydrogens is 330 g/mol. The Morgan fingerprint density at radius 2 is 1.35 bits per heavy atom. The fraction of sp³-hybridized carbons (Fsp3) is 0. The van der Waals surface area contributed by atoms with Gasteiger partial charge >= 0.3 is 0 Å². The maximum atomic E-state index is 12.6. The van der Waals surface area contributed by atoms with Gasteiger partial charge in [-0.3, -0.25) is 4.72 Å². The topological polar surface area (TPSA) is 46.2 Å². The molecule has 0 aliphatic rings. The van der Waals surface area contributed by atoms with Crippen LogP contribution < -0.4 is 4.72 Å². The van der Waals surface area contributed by atoms with Crippen molar-refractivity contribution in [2.75, 3.05) is 4.72 Å². The van der Waals surface area contributed by atoms with Gasteiger partial charge in [0.15, 0.2) is 0 Å². The summed E-state index contributed by atoms with van der Waals surface area (Å²) >= 11 is 6.01. The lowest BCUT2D eigenvalue weighted by molar-refractivity contribution is 0.601. The third kappa shape index (κ3) is 3.38. The highest BCUT2D eigenvalue weighted by atomic mass is 35.5. The number of halogens is 1. The van der Waals surface area contributed by atoms with Gasteiger partial charge in [0.2, 0.25) is 0 Å². The highest BCUT2D eigenvalue weighted by molar-refractivity contribution is 7.92. The molecule has 1 N–H and O–H groups in total. The largest absolute Gasteiger partial charge is 0.279 e. The first kappa shape index (κ1) is 15.6. The summed E-state index contributed by atoms with van der Waals surface area (Å²) in [5.41, 5.74) is 2.26. The van der Waals surface area contributed by atoms with Crippen LogP contribution in [0.15, 0.2) is 83.8 Å². The number of rotatable bonds is 4. The van der Waals surface area contributed by atoms with Gasteiger partial charge in [0, 0.05) is 5.56 Å². The van der Waals surface area contributed by atoms with E-state index in [9.17, 15) is 8.42 Å². The Bertz CT molecular complexity index is 925. The fourth-order valence-electron chi connectivity index (χ4n) is 2.30. The Labute approximate surface area is 140 Å². The first-order valence-corrected chi connectivity index (χ1v) is 8.86. The molecule has 0 bridgehead atoms. The van der Waals surface area contributed by atoms with Crippen LogP contribution >= 0.6 is 11.6 Å². The molecule has 3 nitrogen and oxygen atoms in total. The standard InChI is InChI=1S/C18H14ClNO2S/c19-16-11-5-7-13-18(16)23(21,22)20-17-12-6-4-10-15(17)14-8-2-1-3-9-14/h1-13,20H. The van der Waals surface area contributed by atoms with E-state index in [1.54, 1.807) is 30.3 Å². The second-order valence-electron chi connectivity index (χ2n) is 4.95. The van der Waals surface area contributed by atoms with Gasteiger partial charge in [-0.25, -0.2) is 8.42 Å². The zero-order chi connectivity index (χ0) is 16.3. The van der Waals surface area contributed by atoms with E-state index in [1.807, 2.05) is 42.5 Å². The molecule has 0 spiro atoms. The SMILES string of the molecule is O=S(=O)(Nc1ccccc1-c1ccccc1)c1ccccc1Cl. The molecule has 0 saturated heterocycles. The van der Waals surface area contributed by atoms with Gasteiger partial charge < -0.3 is 0 Å². The van der Waals surface area contributed by atoms with Crippen molar-refractivity contribution >= 4 is 27.3 Å². The van der Waals surface area contributed by atoms with Gasteiger partial charge in [-0.2, -0.15) is 0 Å². The monoisotopic (exact) mass is 343 g/mol. The lowest BCUT2D eigenvalue weighted by Crippen LogP contribution is -2.14. The van der Waals surface area contributed by atoms with Crippen LogP contribution in [0.25, 0.3) is 11.1 Å². The van der Waals surface area contributed by atoms with E-state index in [0.29, 0.717) is 5.69 Å². The Morgan fingerprint density at radius 3 is 2.09 bits per heavy atom. The van der Waals surface area contributed by atoms with E-state index < -0.39 is 10.0 Å². The van der Waals surface area contributed by atoms with E-state index in [4.69, 9.17) is 11.6 Å². The van der Waals surface area contributed by atoms with Gasteiger partial charge in [-0.1, -0.05) is 72.3 Å². The van der Waals surface area contributed by atoms with Crippen LogP contribution in [0.2, 0.25) is 5.02 Å². The second-order valence-corrected chi connectivity index (χ2v) is 7.01. The lowest BCUT2D eigenvalue weighted by Gasteiger charge is -2.13. The quantitative estimate of drug-likeness (QED) is 0.739. The zero-order valence-electron chi connectivity index (χ0n) is 12.1. The van der Waals surface area contributed by atoms with Gasteiger partial charge in [0.05, 0.1) is 10.7 Å². The summed E-state index contributed by atoms with van der Waals surface area (Å²) in [6.45, 7) is 0. The predicted octanol–water partition coefficient (Wildman–Crippen LogP) is 4.81. The molecule has 3 rings (SSSR count). The minimum absolute atomic E-state index is 0.0598. The molecule has 5 heteroatoms. The molecule has 0 aromatic heterocycles. The minimum atomic E-state index is -3.76. The number of hydrogen-bond donors (Lipinski definition) is 1. The Hall–Kier alpha value is -2.30. The molecular formula is C18H14ClNO2S. The summed E-state index contributed by atoms with van der Waals surface area (Å²) in [4.78, 5) is 0.0598. The third-order valence-electron chi connectivity index (χ3n) is 3.38. The number of para-hydroxylation sites is 1. The van der Waals surface area contributed by atoms with Crippen LogP contribution in [0.3, 0.4) is 0 Å². The van der Waals surface area contributed by atoms with Crippen molar-refractivity contribution in [1.82, 2.24) is 0 Å². The molecule has 0 heterocycles. The molecule has 0 aliphatic heterocycles. The molecule has 23 heavy (non-hydrogen) atoms. The van der Waals surface area contributed by atoms with E-state index in [0.717, 1.165) is 11.1 Å². The maximum Gasteiger partial charge on any atom is 0.263 e. The predicted molar refractivity (Wildman–Crippen MR) is 94.1 cm³/mol. The molecule has 0 aliphatic carbocycles. The molecule has 3 aromatic rings. The van der Waals surface area contributed by atoms with Crippen molar-refractivity contribution in [1.29, 1.82) is 0 Å². The number of nitrogens with one attached hydrogen (secondary N) is 1. The van der Waals surface area contributed by atoms with Crippen molar-refractivity contribution in [3.63, 3.8) is 0 Å². The van der Waals surface area contributed by atoms with E-state index in [1.165, 1.54) is 6.07 Å². The first-order valence-electron chi connectivity index (χ1n) is 7.00. The second kappa shape index (κ2) is 6.44. The molecule has 0 fully saturated rings. The van der Waals surface area contributed by atoms with Crippen LogP contribution in [0.4, 0.5) is 5.69 Å². The van der Waals surface area contributed by atoms with Crippen LogP contribution in [-0.4, -0.2) is 8.42 Å². The van der Waals surface area contributed by atoms with Gasteiger partial charge in [0.25, 0.3) is 10.0 Å². The van der Waals surface area contributed by atoms with Gasteiger partial charge in [-0.05, 0) is 23.8 Å². The van der Waals surface area contributed by atoms with E-state index >= 15 is 0 Å². The van der Waals surface area contributed by atoms with Crippen molar-refractivity contribution < 1.29 is 8.42 Å². The summed E-state index contributed by atoms with van der Waals surface area (Å²) in [5, 5.41) is 0.192. The fourth-order valence-corrected chi connectivity index (χ4v) is 3.90. The van der Waals surface area contributed by atoms with Crippen LogP contribution in [0.1, 0.15) is 0 Å². The smallest absolute Gasteiger partial charge is 0.263 e. The van der Waals surface area contributed by atoms with Crippen LogP contribution in [0, 0.1) is 0 Å². The summed E-state index contributed by atoms with van der Waals surface area (Å²) < 4.78 is 27.9. The summed E-state index contributed by atoms with van der Waals surface area (Å²) in [6.07, 6.45) is 0. The molecule has 0 amide bonds. The number of benzene rings is 3. The average Bonchev–Trinajstić information content (AvgIpc) is 2.56. The van der Waals surface area contributed by atoms with Crippen LogP contribution in [-0.2, 0) is 10.0 Å². The molecule has 0 saturated carbocycles. The van der Waals surface area contributed by atoms with Crippen molar-refractivity contribution in [2.45, 2.75) is 4.90 Å². The first-order chi connectivity index (χ1) is 11.1. The highest BCUT2D eigenvalue weighted by Gasteiger charge is 2.19. The molecule has 0 unspecified atom stereocenters. The lowest BCUT2D eigenvalue weighted by atomic mass is 10.0.